The lowest BCUT2D eigenvalue weighted by Crippen LogP contribution is -2.01. The number of thiazole rings is 1. The van der Waals surface area contributed by atoms with Crippen LogP contribution in [0.3, 0.4) is 0 Å². The molecule has 0 aromatic carbocycles. The Bertz CT molecular complexity index is 321. The highest BCUT2D eigenvalue weighted by Gasteiger charge is 2.46. The van der Waals surface area contributed by atoms with Crippen molar-refractivity contribution in [1.29, 1.82) is 5.26 Å². The first-order valence-corrected chi connectivity index (χ1v) is 4.97. The topological polar surface area (TPSA) is 36.7 Å². The first-order valence-electron chi connectivity index (χ1n) is 3.30. The lowest BCUT2D eigenvalue weighted by Gasteiger charge is -1.96. The van der Waals surface area contributed by atoms with Gasteiger partial charge in [0.2, 0.25) is 0 Å². The molecule has 1 fully saturated rings. The molecule has 0 aliphatic heterocycles. The molecule has 56 valence electrons. The molecule has 0 radical (unpaired) electrons. The Morgan fingerprint density at radius 3 is 2.82 bits per heavy atom. The van der Waals surface area contributed by atoms with Crippen LogP contribution in [0.4, 0.5) is 0 Å². The highest BCUT2D eigenvalue weighted by molar-refractivity contribution is 9.11. The largest absolute Gasteiger partial charge is 0.232 e. The molecule has 0 bridgehead atoms. The van der Waals surface area contributed by atoms with Gasteiger partial charge in [0.1, 0.15) is 5.41 Å². The third-order valence-electron chi connectivity index (χ3n) is 1.93. The van der Waals surface area contributed by atoms with Crippen LogP contribution in [0.25, 0.3) is 0 Å². The summed E-state index contributed by atoms with van der Waals surface area (Å²) >= 11 is 4.82. The van der Waals surface area contributed by atoms with Crippen molar-refractivity contribution in [3.63, 3.8) is 0 Å². The zero-order valence-corrected chi connectivity index (χ0v) is 8.07. The fourth-order valence-corrected chi connectivity index (χ4v) is 2.13. The van der Waals surface area contributed by atoms with Gasteiger partial charge in [0, 0.05) is 5.38 Å². The predicted molar refractivity (Wildman–Crippen MR) is 46.3 cm³/mol. The van der Waals surface area contributed by atoms with Gasteiger partial charge in [-0.3, -0.25) is 0 Å². The zero-order chi connectivity index (χ0) is 7.90. The number of rotatable bonds is 1. The first kappa shape index (κ1) is 7.26. The van der Waals surface area contributed by atoms with Crippen molar-refractivity contribution in [2.45, 2.75) is 18.3 Å². The summed E-state index contributed by atoms with van der Waals surface area (Å²) in [5.41, 5.74) is 0.722. The number of hydrogen-bond acceptors (Lipinski definition) is 3. The molecular formula is C7H5BrN2S. The maximum absolute atomic E-state index is 8.82. The van der Waals surface area contributed by atoms with E-state index in [2.05, 4.69) is 27.0 Å². The van der Waals surface area contributed by atoms with Crippen LogP contribution in [0, 0.1) is 11.3 Å². The van der Waals surface area contributed by atoms with E-state index in [0.717, 1.165) is 22.5 Å². The summed E-state index contributed by atoms with van der Waals surface area (Å²) in [6, 6.07) is 2.31. The summed E-state index contributed by atoms with van der Waals surface area (Å²) in [5, 5.41) is 10.8. The molecule has 0 saturated heterocycles. The molecule has 0 amide bonds. The summed E-state index contributed by atoms with van der Waals surface area (Å²) in [5.74, 6) is 0. The number of halogens is 1. The molecule has 2 nitrogen and oxygen atoms in total. The predicted octanol–water partition coefficient (Wildman–Crippen LogP) is 2.46. The summed E-state index contributed by atoms with van der Waals surface area (Å²) in [6.45, 7) is 0. The maximum Gasteiger partial charge on any atom is 0.159 e. The molecule has 1 aliphatic carbocycles. The fourth-order valence-electron chi connectivity index (χ4n) is 1.02. The van der Waals surface area contributed by atoms with Gasteiger partial charge in [-0.1, -0.05) is 0 Å². The van der Waals surface area contributed by atoms with Crippen LogP contribution < -0.4 is 0 Å². The number of nitriles is 1. The van der Waals surface area contributed by atoms with E-state index in [0.29, 0.717) is 0 Å². The highest BCUT2D eigenvalue weighted by Crippen LogP contribution is 2.47. The maximum atomic E-state index is 8.82. The van der Waals surface area contributed by atoms with Gasteiger partial charge >= 0.3 is 0 Å². The van der Waals surface area contributed by atoms with E-state index in [1.165, 1.54) is 0 Å². The minimum Gasteiger partial charge on any atom is -0.232 e. The molecule has 1 aromatic heterocycles. The molecule has 0 spiro atoms. The zero-order valence-electron chi connectivity index (χ0n) is 5.67. The molecule has 1 heterocycles. The normalized spacial score (nSPS) is 19.3. The van der Waals surface area contributed by atoms with E-state index in [4.69, 9.17) is 5.26 Å². The second kappa shape index (κ2) is 2.29. The van der Waals surface area contributed by atoms with Crippen molar-refractivity contribution in [1.82, 2.24) is 4.98 Å². The molecule has 4 heteroatoms. The molecule has 0 atom stereocenters. The Balaban J connectivity index is 2.38. The van der Waals surface area contributed by atoms with Crippen LogP contribution in [0.2, 0.25) is 0 Å². The van der Waals surface area contributed by atoms with Crippen LogP contribution in [-0.2, 0) is 5.41 Å². The van der Waals surface area contributed by atoms with Crippen molar-refractivity contribution in [3.05, 3.63) is 15.0 Å². The Morgan fingerprint density at radius 1 is 1.73 bits per heavy atom. The van der Waals surface area contributed by atoms with Crippen molar-refractivity contribution in [2.75, 3.05) is 0 Å². The van der Waals surface area contributed by atoms with E-state index in [-0.39, 0.29) is 5.41 Å². The van der Waals surface area contributed by atoms with Crippen LogP contribution >= 0.6 is 27.3 Å². The molecule has 2 rings (SSSR count). The van der Waals surface area contributed by atoms with Crippen molar-refractivity contribution in [3.8, 4) is 6.07 Å². The van der Waals surface area contributed by atoms with Crippen molar-refractivity contribution >= 4 is 27.3 Å². The third-order valence-corrected chi connectivity index (χ3v) is 3.30. The minimum atomic E-state index is -0.220. The van der Waals surface area contributed by atoms with Gasteiger partial charge in [-0.2, -0.15) is 5.26 Å². The van der Waals surface area contributed by atoms with Crippen LogP contribution in [-0.4, -0.2) is 4.98 Å². The SMILES string of the molecule is N#CC1(c2csc(Br)n2)CC1. The van der Waals surface area contributed by atoms with E-state index in [1.807, 2.05) is 5.38 Å². The fraction of sp³-hybridized carbons (Fsp3) is 0.429. The van der Waals surface area contributed by atoms with Crippen molar-refractivity contribution < 1.29 is 0 Å². The quantitative estimate of drug-likeness (QED) is 0.741. The standard InChI is InChI=1S/C7H5BrN2S/c8-6-10-5(3-11-6)7(4-9)1-2-7/h3H,1-2H2. The summed E-state index contributed by atoms with van der Waals surface area (Å²) < 4.78 is 0.869. The Labute approximate surface area is 77.0 Å². The van der Waals surface area contributed by atoms with Gasteiger partial charge in [-0.25, -0.2) is 4.98 Å². The minimum absolute atomic E-state index is 0.220. The summed E-state index contributed by atoms with van der Waals surface area (Å²) in [6.07, 6.45) is 1.94. The molecule has 0 unspecified atom stereocenters. The molecule has 1 saturated carbocycles. The monoisotopic (exact) mass is 228 g/mol. The second-order valence-electron chi connectivity index (χ2n) is 2.68. The highest BCUT2D eigenvalue weighted by atomic mass is 79.9. The number of hydrogen-bond donors (Lipinski definition) is 0. The van der Waals surface area contributed by atoms with Crippen molar-refractivity contribution in [2.24, 2.45) is 0 Å². The van der Waals surface area contributed by atoms with Gasteiger partial charge in [0.25, 0.3) is 0 Å². The first-order chi connectivity index (χ1) is 5.27. The smallest absolute Gasteiger partial charge is 0.159 e. The molecule has 0 N–H and O–H groups in total. The summed E-state index contributed by atoms with van der Waals surface area (Å²) in [7, 11) is 0. The van der Waals surface area contributed by atoms with Gasteiger partial charge < -0.3 is 0 Å². The third kappa shape index (κ3) is 1.09. The van der Waals surface area contributed by atoms with E-state index in [9.17, 15) is 0 Å². The summed E-state index contributed by atoms with van der Waals surface area (Å²) in [4.78, 5) is 4.23. The molecule has 1 aliphatic rings. The number of nitrogens with zero attached hydrogens (tertiary/aromatic N) is 2. The van der Waals surface area contributed by atoms with Crippen LogP contribution in [0.5, 0.6) is 0 Å². The Morgan fingerprint density at radius 2 is 2.45 bits per heavy atom. The average Bonchev–Trinajstić information content (AvgIpc) is 2.70. The Kier molecular flexibility index (Phi) is 1.51. The molecule has 11 heavy (non-hydrogen) atoms. The van der Waals surface area contributed by atoms with E-state index < -0.39 is 0 Å². The molecular weight excluding hydrogens is 224 g/mol. The molecule has 1 aromatic rings. The van der Waals surface area contributed by atoms with E-state index in [1.54, 1.807) is 11.3 Å². The van der Waals surface area contributed by atoms with Gasteiger partial charge in [-0.15, -0.1) is 11.3 Å². The van der Waals surface area contributed by atoms with Crippen LogP contribution in [0.1, 0.15) is 18.5 Å². The Hall–Kier alpha value is -0.400. The van der Waals surface area contributed by atoms with E-state index >= 15 is 0 Å². The lowest BCUT2D eigenvalue weighted by atomic mass is 10.1. The van der Waals surface area contributed by atoms with Gasteiger partial charge in [-0.05, 0) is 28.8 Å². The van der Waals surface area contributed by atoms with Gasteiger partial charge in [0.15, 0.2) is 3.92 Å². The lowest BCUT2D eigenvalue weighted by molar-refractivity contribution is 0.864. The second-order valence-corrected chi connectivity index (χ2v) is 4.81. The van der Waals surface area contributed by atoms with Gasteiger partial charge in [0.05, 0.1) is 11.8 Å². The average molecular weight is 229 g/mol. The number of aromatic nitrogens is 1. The van der Waals surface area contributed by atoms with Crippen LogP contribution in [0.15, 0.2) is 9.30 Å².